The van der Waals surface area contributed by atoms with E-state index in [1.807, 2.05) is 41.3 Å². The van der Waals surface area contributed by atoms with E-state index in [9.17, 15) is 10.1 Å². The van der Waals surface area contributed by atoms with Gasteiger partial charge < -0.3 is 10.2 Å². The number of pyridine rings is 1. The minimum atomic E-state index is -0.410. The molecule has 30 heavy (non-hydrogen) atoms. The lowest BCUT2D eigenvalue weighted by atomic mass is 10.2. The molecule has 4 rings (SSSR count). The molecule has 0 unspecified atom stereocenters. The monoisotopic (exact) mass is 405 g/mol. The molecule has 1 fully saturated rings. The SMILES string of the molecule is O=[N+]([O-])c1c(NCc2ccccn2)ncnc1N1CCN(Cc2ccccc2)CC1. The number of anilines is 2. The molecule has 1 aliphatic heterocycles. The van der Waals surface area contributed by atoms with E-state index >= 15 is 0 Å². The predicted octanol–water partition coefficient (Wildman–Crippen LogP) is 2.71. The fourth-order valence-electron chi connectivity index (χ4n) is 3.53. The van der Waals surface area contributed by atoms with Gasteiger partial charge in [0, 0.05) is 38.9 Å². The molecule has 154 valence electrons. The largest absolute Gasteiger partial charge is 0.359 e. The van der Waals surface area contributed by atoms with Gasteiger partial charge in [0.15, 0.2) is 0 Å². The van der Waals surface area contributed by atoms with Gasteiger partial charge in [-0.1, -0.05) is 36.4 Å². The maximum atomic E-state index is 11.8. The molecular formula is C21H23N7O2. The van der Waals surface area contributed by atoms with Crippen LogP contribution >= 0.6 is 0 Å². The van der Waals surface area contributed by atoms with Gasteiger partial charge in [0.05, 0.1) is 17.2 Å². The molecule has 0 atom stereocenters. The van der Waals surface area contributed by atoms with Crippen molar-refractivity contribution in [2.24, 2.45) is 0 Å². The highest BCUT2D eigenvalue weighted by Crippen LogP contribution is 2.32. The number of nitrogens with one attached hydrogen (secondary N) is 1. The first-order valence-corrected chi connectivity index (χ1v) is 9.85. The zero-order valence-electron chi connectivity index (χ0n) is 16.5. The minimum absolute atomic E-state index is 0.0926. The Labute approximate surface area is 174 Å². The van der Waals surface area contributed by atoms with Crippen molar-refractivity contribution in [1.82, 2.24) is 19.9 Å². The van der Waals surface area contributed by atoms with E-state index in [1.165, 1.54) is 11.9 Å². The Kier molecular flexibility index (Phi) is 6.09. The van der Waals surface area contributed by atoms with Gasteiger partial charge >= 0.3 is 5.69 Å². The third-order valence-electron chi connectivity index (χ3n) is 5.07. The second-order valence-electron chi connectivity index (χ2n) is 7.08. The van der Waals surface area contributed by atoms with Crippen LogP contribution in [-0.2, 0) is 13.1 Å². The molecule has 1 aliphatic rings. The van der Waals surface area contributed by atoms with E-state index in [0.29, 0.717) is 25.5 Å². The Balaban J connectivity index is 1.45. The first-order valence-electron chi connectivity index (χ1n) is 9.85. The third-order valence-corrected chi connectivity index (χ3v) is 5.07. The van der Waals surface area contributed by atoms with Crippen LogP contribution in [0.1, 0.15) is 11.3 Å². The molecule has 1 N–H and O–H groups in total. The number of nitro groups is 1. The number of aromatic nitrogens is 3. The lowest BCUT2D eigenvalue weighted by Crippen LogP contribution is -2.46. The van der Waals surface area contributed by atoms with Gasteiger partial charge in [-0.05, 0) is 17.7 Å². The fraction of sp³-hybridized carbons (Fsp3) is 0.286. The van der Waals surface area contributed by atoms with Crippen LogP contribution in [0.5, 0.6) is 0 Å². The van der Waals surface area contributed by atoms with E-state index in [2.05, 4.69) is 37.3 Å². The Bertz CT molecular complexity index is 977. The van der Waals surface area contributed by atoms with Crippen molar-refractivity contribution in [3.63, 3.8) is 0 Å². The summed E-state index contributed by atoms with van der Waals surface area (Å²) in [5.74, 6) is 0.570. The van der Waals surface area contributed by atoms with Crippen molar-refractivity contribution in [2.75, 3.05) is 36.4 Å². The van der Waals surface area contributed by atoms with Gasteiger partial charge in [-0.25, -0.2) is 9.97 Å². The maximum Gasteiger partial charge on any atom is 0.353 e. The highest BCUT2D eigenvalue weighted by atomic mass is 16.6. The summed E-state index contributed by atoms with van der Waals surface area (Å²) in [5, 5.41) is 14.9. The molecule has 0 radical (unpaired) electrons. The number of nitrogens with zero attached hydrogens (tertiary/aromatic N) is 6. The van der Waals surface area contributed by atoms with E-state index in [4.69, 9.17) is 0 Å². The second-order valence-corrected chi connectivity index (χ2v) is 7.08. The number of benzene rings is 1. The molecule has 1 aromatic carbocycles. The summed E-state index contributed by atoms with van der Waals surface area (Å²) in [5.41, 5.74) is 1.95. The zero-order valence-corrected chi connectivity index (χ0v) is 16.5. The fourth-order valence-corrected chi connectivity index (χ4v) is 3.53. The van der Waals surface area contributed by atoms with Gasteiger partial charge in [-0.2, -0.15) is 0 Å². The Morgan fingerprint density at radius 2 is 1.73 bits per heavy atom. The first kappa shape index (κ1) is 19.7. The van der Waals surface area contributed by atoms with Crippen molar-refractivity contribution >= 4 is 17.3 Å². The standard InChI is InChI=1S/C21H23N7O2/c29-28(30)19-20(23-14-18-8-4-5-9-22-18)24-16-25-21(19)27-12-10-26(11-13-27)15-17-6-2-1-3-7-17/h1-9,16H,10-15H2,(H,23,24,25). The van der Waals surface area contributed by atoms with Crippen LogP contribution in [0.25, 0.3) is 0 Å². The topological polar surface area (TPSA) is 100 Å². The molecule has 0 amide bonds. The van der Waals surface area contributed by atoms with Crippen LogP contribution in [0.15, 0.2) is 61.1 Å². The average Bonchev–Trinajstić information content (AvgIpc) is 2.79. The van der Waals surface area contributed by atoms with Gasteiger partial charge in [0.25, 0.3) is 0 Å². The van der Waals surface area contributed by atoms with Crippen molar-refractivity contribution in [2.45, 2.75) is 13.1 Å². The first-order chi connectivity index (χ1) is 14.7. The van der Waals surface area contributed by atoms with Crippen LogP contribution < -0.4 is 10.2 Å². The van der Waals surface area contributed by atoms with Crippen LogP contribution in [0.2, 0.25) is 0 Å². The van der Waals surface area contributed by atoms with Gasteiger partial charge in [0.2, 0.25) is 11.6 Å². The Hall–Kier alpha value is -3.59. The van der Waals surface area contributed by atoms with Crippen molar-refractivity contribution in [1.29, 1.82) is 0 Å². The summed E-state index contributed by atoms with van der Waals surface area (Å²) in [6, 6.07) is 15.9. The van der Waals surface area contributed by atoms with Crippen molar-refractivity contribution < 1.29 is 4.92 Å². The molecule has 0 spiro atoms. The molecule has 0 aliphatic carbocycles. The lowest BCUT2D eigenvalue weighted by molar-refractivity contribution is -0.383. The molecule has 9 nitrogen and oxygen atoms in total. The summed E-state index contributed by atoms with van der Waals surface area (Å²) >= 11 is 0. The van der Waals surface area contributed by atoms with Crippen LogP contribution in [0, 0.1) is 10.1 Å². The second kappa shape index (κ2) is 9.27. The van der Waals surface area contributed by atoms with Crippen LogP contribution in [-0.4, -0.2) is 51.0 Å². The smallest absolute Gasteiger partial charge is 0.353 e. The molecular weight excluding hydrogens is 382 g/mol. The summed E-state index contributed by atoms with van der Waals surface area (Å²) < 4.78 is 0. The Morgan fingerprint density at radius 3 is 2.43 bits per heavy atom. The van der Waals surface area contributed by atoms with Crippen molar-refractivity contribution in [3.05, 3.63) is 82.4 Å². The molecule has 3 aromatic rings. The number of hydrogen-bond acceptors (Lipinski definition) is 8. The summed E-state index contributed by atoms with van der Waals surface area (Å²) in [7, 11) is 0. The molecule has 9 heteroatoms. The highest BCUT2D eigenvalue weighted by Gasteiger charge is 2.29. The Morgan fingerprint density at radius 1 is 0.967 bits per heavy atom. The molecule has 0 bridgehead atoms. The summed E-state index contributed by atoms with van der Waals surface area (Å²) in [4.78, 5) is 28.3. The molecule has 3 heterocycles. The normalized spacial score (nSPS) is 14.5. The van der Waals surface area contributed by atoms with Crippen molar-refractivity contribution in [3.8, 4) is 0 Å². The minimum Gasteiger partial charge on any atom is -0.359 e. The van der Waals surface area contributed by atoms with Gasteiger partial charge in [-0.3, -0.25) is 20.0 Å². The van der Waals surface area contributed by atoms with Crippen LogP contribution in [0.3, 0.4) is 0 Å². The van der Waals surface area contributed by atoms with E-state index < -0.39 is 4.92 Å². The zero-order chi connectivity index (χ0) is 20.8. The quantitative estimate of drug-likeness (QED) is 0.473. The van der Waals surface area contributed by atoms with Gasteiger partial charge in [0.1, 0.15) is 6.33 Å². The molecule has 1 saturated heterocycles. The van der Waals surface area contributed by atoms with E-state index in [0.717, 1.165) is 25.3 Å². The van der Waals surface area contributed by atoms with Gasteiger partial charge in [-0.15, -0.1) is 0 Å². The third kappa shape index (κ3) is 4.69. The van der Waals surface area contributed by atoms with Crippen LogP contribution in [0.4, 0.5) is 17.3 Å². The molecule has 0 saturated carbocycles. The summed E-state index contributed by atoms with van der Waals surface area (Å²) in [6.45, 7) is 4.19. The van der Waals surface area contributed by atoms with E-state index in [1.54, 1.807) is 6.20 Å². The lowest BCUT2D eigenvalue weighted by Gasteiger charge is -2.35. The van der Waals surface area contributed by atoms with E-state index in [-0.39, 0.29) is 11.5 Å². The molecule has 2 aromatic heterocycles. The summed E-state index contributed by atoms with van der Waals surface area (Å²) in [6.07, 6.45) is 3.06. The number of rotatable bonds is 7. The number of hydrogen-bond donors (Lipinski definition) is 1. The average molecular weight is 405 g/mol. The highest BCUT2D eigenvalue weighted by molar-refractivity contribution is 5.70. The maximum absolute atomic E-state index is 11.8. The number of piperazine rings is 1. The predicted molar refractivity (Wildman–Crippen MR) is 114 cm³/mol.